The van der Waals surface area contributed by atoms with E-state index in [1.165, 1.54) is 0 Å². The van der Waals surface area contributed by atoms with Gasteiger partial charge in [0.15, 0.2) is 0 Å². The van der Waals surface area contributed by atoms with Gasteiger partial charge in [0, 0.05) is 17.4 Å². The maximum absolute atomic E-state index is 9.33. The molecule has 4 heteroatoms. The Hall–Kier alpha value is -1.82. The lowest BCUT2D eigenvalue weighted by atomic mass is 10.0. The van der Waals surface area contributed by atoms with Gasteiger partial charge in [-0.1, -0.05) is 29.3 Å². The summed E-state index contributed by atoms with van der Waals surface area (Å²) in [6, 6.07) is 11.1. The van der Waals surface area contributed by atoms with Gasteiger partial charge in [0.2, 0.25) is 0 Å². The first-order valence-corrected chi connectivity index (χ1v) is 6.36. The molecule has 1 heterocycles. The second-order valence-corrected chi connectivity index (χ2v) is 4.81. The highest BCUT2D eigenvalue weighted by atomic mass is 35.5. The van der Waals surface area contributed by atoms with E-state index in [1.807, 2.05) is 13.0 Å². The minimum Gasteiger partial charge on any atom is -0.265 e. The highest BCUT2D eigenvalue weighted by molar-refractivity contribution is 6.53. The Morgan fingerprint density at radius 3 is 2.53 bits per heavy atom. The largest absolute Gasteiger partial charge is 0.265 e. The van der Waals surface area contributed by atoms with Crippen molar-refractivity contribution in [2.45, 2.75) is 6.92 Å². The lowest BCUT2D eigenvalue weighted by Crippen LogP contribution is -1.89. The molecule has 0 atom stereocenters. The second kappa shape index (κ2) is 5.88. The first-order valence-electron chi connectivity index (χ1n) is 5.60. The highest BCUT2D eigenvalue weighted by Gasteiger charge is 2.11. The van der Waals surface area contributed by atoms with Crippen molar-refractivity contribution >= 4 is 33.8 Å². The van der Waals surface area contributed by atoms with Gasteiger partial charge in [-0.05, 0) is 47.9 Å². The molecule has 0 amide bonds. The summed E-state index contributed by atoms with van der Waals surface area (Å²) in [4.78, 5) is 3.93. The van der Waals surface area contributed by atoms with E-state index in [2.05, 4.69) is 11.1 Å². The molecular formula is C15H10Cl2N2. The summed E-state index contributed by atoms with van der Waals surface area (Å²) < 4.78 is 0. The van der Waals surface area contributed by atoms with Crippen molar-refractivity contribution in [1.29, 1.82) is 5.26 Å². The topological polar surface area (TPSA) is 36.7 Å². The molecule has 0 aliphatic rings. The fourth-order valence-corrected chi connectivity index (χ4v) is 2.25. The van der Waals surface area contributed by atoms with Crippen molar-refractivity contribution < 1.29 is 0 Å². The van der Waals surface area contributed by atoms with Crippen molar-refractivity contribution in [3.05, 3.63) is 64.4 Å². The monoisotopic (exact) mass is 288 g/mol. The standard InChI is InChI=1S/C15H10Cl2N2/c1-10-2-3-12(16)8-13(10)15(17)14(9-18)11-4-6-19-7-5-11/h2-8H,1H3/b15-14+. The highest BCUT2D eigenvalue weighted by Crippen LogP contribution is 2.32. The molecule has 0 radical (unpaired) electrons. The van der Waals surface area contributed by atoms with Gasteiger partial charge in [-0.3, -0.25) is 4.98 Å². The average molecular weight is 289 g/mol. The van der Waals surface area contributed by atoms with Crippen LogP contribution in [-0.4, -0.2) is 4.98 Å². The molecule has 0 spiro atoms. The quantitative estimate of drug-likeness (QED) is 0.753. The maximum Gasteiger partial charge on any atom is 0.101 e. The average Bonchev–Trinajstić information content (AvgIpc) is 2.43. The third kappa shape index (κ3) is 2.96. The number of rotatable bonds is 2. The molecular weight excluding hydrogens is 279 g/mol. The molecule has 0 saturated heterocycles. The number of hydrogen-bond donors (Lipinski definition) is 0. The van der Waals surface area contributed by atoms with Crippen LogP contribution in [0, 0.1) is 18.3 Å². The van der Waals surface area contributed by atoms with E-state index in [0.717, 1.165) is 16.7 Å². The predicted molar refractivity (Wildman–Crippen MR) is 78.7 cm³/mol. The van der Waals surface area contributed by atoms with Gasteiger partial charge in [0.05, 0.1) is 10.6 Å². The molecule has 0 N–H and O–H groups in total. The number of allylic oxidation sites excluding steroid dienone is 1. The Kier molecular flexibility index (Phi) is 4.21. The van der Waals surface area contributed by atoms with Crippen molar-refractivity contribution in [3.63, 3.8) is 0 Å². The molecule has 2 rings (SSSR count). The molecule has 0 aliphatic heterocycles. The Balaban J connectivity index is 2.62. The van der Waals surface area contributed by atoms with Crippen LogP contribution in [0.2, 0.25) is 5.02 Å². The smallest absolute Gasteiger partial charge is 0.101 e. The first kappa shape index (κ1) is 13.6. The van der Waals surface area contributed by atoms with Crippen LogP contribution in [0.4, 0.5) is 0 Å². The van der Waals surface area contributed by atoms with Crippen molar-refractivity contribution in [3.8, 4) is 6.07 Å². The lowest BCUT2D eigenvalue weighted by Gasteiger charge is -2.08. The molecule has 0 bridgehead atoms. The second-order valence-electron chi connectivity index (χ2n) is 4.00. The fourth-order valence-electron chi connectivity index (χ4n) is 1.72. The molecule has 0 unspecified atom stereocenters. The van der Waals surface area contributed by atoms with E-state index < -0.39 is 0 Å². The van der Waals surface area contributed by atoms with E-state index >= 15 is 0 Å². The number of hydrogen-bond acceptors (Lipinski definition) is 2. The molecule has 0 saturated carbocycles. The van der Waals surface area contributed by atoms with E-state index in [1.54, 1.807) is 36.7 Å². The molecule has 0 fully saturated rings. The molecule has 19 heavy (non-hydrogen) atoms. The van der Waals surface area contributed by atoms with Crippen LogP contribution in [-0.2, 0) is 0 Å². The van der Waals surface area contributed by atoms with Gasteiger partial charge in [-0.25, -0.2) is 0 Å². The van der Waals surface area contributed by atoms with E-state index in [4.69, 9.17) is 23.2 Å². The predicted octanol–water partition coefficient (Wildman–Crippen LogP) is 4.67. The van der Waals surface area contributed by atoms with Crippen LogP contribution in [0.5, 0.6) is 0 Å². The van der Waals surface area contributed by atoms with E-state index in [0.29, 0.717) is 15.6 Å². The Bertz CT molecular complexity index is 670. The van der Waals surface area contributed by atoms with Crippen molar-refractivity contribution in [1.82, 2.24) is 4.98 Å². The minimum atomic E-state index is 0.397. The molecule has 2 aromatic rings. The third-order valence-electron chi connectivity index (χ3n) is 2.74. The van der Waals surface area contributed by atoms with Gasteiger partial charge in [-0.2, -0.15) is 5.26 Å². The number of halogens is 2. The summed E-state index contributed by atoms with van der Waals surface area (Å²) in [5.74, 6) is 0. The van der Waals surface area contributed by atoms with Crippen LogP contribution in [0.1, 0.15) is 16.7 Å². The van der Waals surface area contributed by atoms with Crippen LogP contribution < -0.4 is 0 Å². The maximum atomic E-state index is 9.33. The van der Waals surface area contributed by atoms with E-state index in [-0.39, 0.29) is 0 Å². The summed E-state index contributed by atoms with van der Waals surface area (Å²) in [5, 5.41) is 10.3. The molecule has 1 aromatic carbocycles. The minimum absolute atomic E-state index is 0.397. The van der Waals surface area contributed by atoms with Gasteiger partial charge < -0.3 is 0 Å². The van der Waals surface area contributed by atoms with Gasteiger partial charge in [0.1, 0.15) is 6.07 Å². The summed E-state index contributed by atoms with van der Waals surface area (Å²) in [6.45, 7) is 1.93. The summed E-state index contributed by atoms with van der Waals surface area (Å²) in [5.41, 5.74) is 2.88. The first-order chi connectivity index (χ1) is 9.13. The number of nitrogens with zero attached hydrogens (tertiary/aromatic N) is 2. The fraction of sp³-hybridized carbons (Fsp3) is 0.0667. The zero-order chi connectivity index (χ0) is 13.8. The zero-order valence-corrected chi connectivity index (χ0v) is 11.7. The lowest BCUT2D eigenvalue weighted by molar-refractivity contribution is 1.32. The number of aromatic nitrogens is 1. The molecule has 2 nitrogen and oxygen atoms in total. The van der Waals surface area contributed by atoms with Crippen molar-refractivity contribution in [2.24, 2.45) is 0 Å². The molecule has 1 aromatic heterocycles. The number of pyridine rings is 1. The Morgan fingerprint density at radius 1 is 1.21 bits per heavy atom. The zero-order valence-electron chi connectivity index (χ0n) is 10.2. The van der Waals surface area contributed by atoms with Crippen LogP contribution in [0.15, 0.2) is 42.7 Å². The van der Waals surface area contributed by atoms with Crippen LogP contribution in [0.25, 0.3) is 10.6 Å². The summed E-state index contributed by atoms with van der Waals surface area (Å²) in [7, 11) is 0. The Labute approximate surface area is 121 Å². The number of nitriles is 1. The molecule has 94 valence electrons. The van der Waals surface area contributed by atoms with Crippen molar-refractivity contribution in [2.75, 3.05) is 0 Å². The number of aryl methyl sites for hydroxylation is 1. The number of benzene rings is 1. The van der Waals surface area contributed by atoms with Gasteiger partial charge >= 0.3 is 0 Å². The third-order valence-corrected chi connectivity index (χ3v) is 3.36. The normalized spacial score (nSPS) is 11.7. The van der Waals surface area contributed by atoms with Crippen LogP contribution in [0.3, 0.4) is 0 Å². The van der Waals surface area contributed by atoms with Gasteiger partial charge in [0.25, 0.3) is 0 Å². The molecule has 0 aliphatic carbocycles. The van der Waals surface area contributed by atoms with Gasteiger partial charge in [-0.15, -0.1) is 0 Å². The summed E-state index contributed by atoms with van der Waals surface area (Å²) in [6.07, 6.45) is 3.25. The van der Waals surface area contributed by atoms with Crippen LogP contribution >= 0.6 is 23.2 Å². The SMILES string of the molecule is Cc1ccc(Cl)cc1/C(Cl)=C(/C#N)c1ccncc1. The van der Waals surface area contributed by atoms with E-state index in [9.17, 15) is 5.26 Å². The Morgan fingerprint density at radius 2 is 1.89 bits per heavy atom. The summed E-state index contributed by atoms with van der Waals surface area (Å²) >= 11 is 12.3.